The molecule has 0 aliphatic heterocycles. The Morgan fingerprint density at radius 1 is 1.26 bits per heavy atom. The minimum Gasteiger partial charge on any atom is -0.396 e. The maximum atomic E-state index is 4.54. The molecule has 2 aromatic heterocycles. The third-order valence-corrected chi connectivity index (χ3v) is 3.34. The number of rotatable bonds is 2. The second kappa shape index (κ2) is 6.77. The fourth-order valence-electron chi connectivity index (χ4n) is 1.49. The number of nitrogens with zero attached hydrogens (tertiary/aromatic N) is 3. The molecule has 0 saturated carbocycles. The number of aromatic nitrogens is 3. The number of thiocarbonyl (C=S) groups is 1. The molecule has 0 unspecified atom stereocenters. The van der Waals surface area contributed by atoms with E-state index in [0.717, 1.165) is 10.6 Å². The van der Waals surface area contributed by atoms with Crippen LogP contribution >= 0.6 is 23.6 Å². The Morgan fingerprint density at radius 2 is 2.00 bits per heavy atom. The van der Waals surface area contributed by atoms with Crippen molar-refractivity contribution in [2.45, 2.75) is 0 Å². The summed E-state index contributed by atoms with van der Waals surface area (Å²) in [6.45, 7) is 0. The number of benzene rings is 1. The summed E-state index contributed by atoms with van der Waals surface area (Å²) < 4.78 is 1.91. The number of imidazole rings is 1. The topological polar surface area (TPSA) is 56.7 Å². The predicted octanol–water partition coefficient (Wildman–Crippen LogP) is 2.90. The van der Waals surface area contributed by atoms with Gasteiger partial charge in [-0.15, -0.1) is 0 Å². The van der Waals surface area contributed by atoms with Gasteiger partial charge in [-0.3, -0.25) is 4.57 Å². The largest absolute Gasteiger partial charge is 0.396 e. The molecule has 6 heteroatoms. The van der Waals surface area contributed by atoms with Crippen LogP contribution in [0.5, 0.6) is 0 Å². The Kier molecular flexibility index (Phi) is 4.77. The number of hydrogen-bond acceptors (Lipinski definition) is 4. The summed E-state index contributed by atoms with van der Waals surface area (Å²) in [5.41, 5.74) is 6.82. The first-order valence-corrected chi connectivity index (χ1v) is 6.79. The van der Waals surface area contributed by atoms with Crippen LogP contribution in [0.3, 0.4) is 0 Å². The molecule has 0 amide bonds. The van der Waals surface area contributed by atoms with Gasteiger partial charge in [0.1, 0.15) is 6.33 Å². The van der Waals surface area contributed by atoms with E-state index in [1.54, 1.807) is 23.9 Å². The summed E-state index contributed by atoms with van der Waals surface area (Å²) in [6, 6.07) is 10.3. The maximum absolute atomic E-state index is 4.54. The number of hydrogen-bond donors (Lipinski definition) is 1. The van der Waals surface area contributed by atoms with E-state index in [1.165, 1.54) is 10.4 Å². The fourth-order valence-corrected chi connectivity index (χ4v) is 2.37. The summed E-state index contributed by atoms with van der Waals surface area (Å²) >= 11 is 5.70. The summed E-state index contributed by atoms with van der Waals surface area (Å²) in [6.07, 6.45) is 7.31. The minimum absolute atomic E-state index is 0.941. The molecule has 3 rings (SSSR count). The molecule has 3 aromatic rings. The van der Waals surface area contributed by atoms with Gasteiger partial charge in [0.05, 0.1) is 10.4 Å². The Balaban J connectivity index is 0.000000408. The van der Waals surface area contributed by atoms with Gasteiger partial charge in [-0.25, -0.2) is 9.97 Å². The smallest absolute Gasteiger partial charge is 0.195 e. The highest BCUT2D eigenvalue weighted by Crippen LogP contribution is 2.27. The van der Waals surface area contributed by atoms with E-state index in [4.69, 9.17) is 0 Å². The first-order valence-electron chi connectivity index (χ1n) is 5.50. The highest BCUT2D eigenvalue weighted by atomic mass is 32.1. The normalized spacial score (nSPS) is 9.47. The Hall–Kier alpha value is -2.05. The van der Waals surface area contributed by atoms with Crippen molar-refractivity contribution in [2.75, 3.05) is 0 Å². The molecule has 2 N–H and O–H groups in total. The van der Waals surface area contributed by atoms with Crippen LogP contribution in [0.15, 0.2) is 55.2 Å². The molecule has 0 aliphatic carbocycles. The second-order valence-corrected chi connectivity index (χ2v) is 4.76. The van der Waals surface area contributed by atoms with E-state index in [2.05, 4.69) is 40.1 Å². The van der Waals surface area contributed by atoms with E-state index in [9.17, 15) is 0 Å². The lowest BCUT2D eigenvalue weighted by Crippen LogP contribution is -1.85. The molecule has 0 atom stereocenters. The zero-order valence-electron chi connectivity index (χ0n) is 10.0. The van der Waals surface area contributed by atoms with Crippen molar-refractivity contribution in [3.05, 3.63) is 55.2 Å². The molecular weight excluding hydrogens is 276 g/mol. The molecule has 0 saturated heterocycles. The third-order valence-electron chi connectivity index (χ3n) is 2.28. The van der Waals surface area contributed by atoms with Gasteiger partial charge < -0.3 is 5.73 Å². The lowest BCUT2D eigenvalue weighted by atomic mass is 10.2. The summed E-state index contributed by atoms with van der Waals surface area (Å²) in [4.78, 5) is 9.56. The quantitative estimate of drug-likeness (QED) is 0.737. The van der Waals surface area contributed by atoms with Gasteiger partial charge in [0.2, 0.25) is 0 Å². The van der Waals surface area contributed by atoms with Crippen molar-refractivity contribution in [3.63, 3.8) is 0 Å². The van der Waals surface area contributed by atoms with Crippen LogP contribution in [0.4, 0.5) is 0 Å². The van der Waals surface area contributed by atoms with Gasteiger partial charge in [0, 0.05) is 18.6 Å². The van der Waals surface area contributed by atoms with Gasteiger partial charge in [-0.2, -0.15) is 0 Å². The van der Waals surface area contributed by atoms with Gasteiger partial charge in [-0.05, 0) is 5.56 Å². The van der Waals surface area contributed by atoms with Crippen molar-refractivity contribution >= 4 is 29.0 Å². The standard InChI is InChI=1S/C12H9N3S.CH3NS/c1-2-4-10(5-3-1)11-8-14-12(16-11)15-7-6-13-9-15;2-1-3/h1-9H;1H,(H2,2,3). The SMILES string of the molecule is NC=S.c1ccc(-c2cnc(-n3ccnc3)s2)cc1. The monoisotopic (exact) mass is 288 g/mol. The Bertz CT molecular complexity index is 617. The first kappa shape index (κ1) is 13.4. The van der Waals surface area contributed by atoms with Gasteiger partial charge in [0.25, 0.3) is 0 Å². The highest BCUT2D eigenvalue weighted by Gasteiger charge is 2.04. The minimum atomic E-state index is 0.941. The van der Waals surface area contributed by atoms with Crippen molar-refractivity contribution in [2.24, 2.45) is 5.73 Å². The average Bonchev–Trinajstić information content (AvgIpc) is 3.12. The molecule has 0 radical (unpaired) electrons. The lowest BCUT2D eigenvalue weighted by molar-refractivity contribution is 1.03. The van der Waals surface area contributed by atoms with Crippen LogP contribution in [0.1, 0.15) is 0 Å². The zero-order valence-corrected chi connectivity index (χ0v) is 11.6. The average molecular weight is 288 g/mol. The maximum Gasteiger partial charge on any atom is 0.195 e. The van der Waals surface area contributed by atoms with Crippen molar-refractivity contribution in [3.8, 4) is 15.6 Å². The molecule has 19 heavy (non-hydrogen) atoms. The Labute approximate surface area is 120 Å². The van der Waals surface area contributed by atoms with E-state index in [-0.39, 0.29) is 0 Å². The van der Waals surface area contributed by atoms with Crippen molar-refractivity contribution < 1.29 is 0 Å². The molecule has 0 bridgehead atoms. The third kappa shape index (κ3) is 3.46. The molecule has 2 heterocycles. The molecule has 1 aromatic carbocycles. The van der Waals surface area contributed by atoms with Crippen molar-refractivity contribution in [1.29, 1.82) is 0 Å². The van der Waals surface area contributed by atoms with Gasteiger partial charge >= 0.3 is 0 Å². The zero-order chi connectivity index (χ0) is 13.5. The second-order valence-electron chi connectivity index (χ2n) is 3.48. The predicted molar refractivity (Wildman–Crippen MR) is 82.5 cm³/mol. The number of thiazole rings is 1. The van der Waals surface area contributed by atoms with E-state index < -0.39 is 0 Å². The van der Waals surface area contributed by atoms with Gasteiger partial charge in [0.15, 0.2) is 5.13 Å². The van der Waals surface area contributed by atoms with Gasteiger partial charge in [-0.1, -0.05) is 53.9 Å². The molecule has 4 nitrogen and oxygen atoms in total. The lowest BCUT2D eigenvalue weighted by Gasteiger charge is -1.94. The van der Waals surface area contributed by atoms with Crippen LogP contribution < -0.4 is 5.73 Å². The Morgan fingerprint density at radius 3 is 2.63 bits per heavy atom. The molecule has 96 valence electrons. The molecule has 0 aliphatic rings. The number of nitrogens with two attached hydrogens (primary N) is 1. The van der Waals surface area contributed by atoms with Crippen LogP contribution in [-0.2, 0) is 0 Å². The van der Waals surface area contributed by atoms with Crippen LogP contribution in [0, 0.1) is 0 Å². The highest BCUT2D eigenvalue weighted by molar-refractivity contribution is 7.78. The van der Waals surface area contributed by atoms with E-state index >= 15 is 0 Å². The molecule has 0 spiro atoms. The first-order chi connectivity index (χ1) is 9.35. The summed E-state index contributed by atoms with van der Waals surface area (Å²) in [5.74, 6) is 0. The van der Waals surface area contributed by atoms with E-state index in [0.29, 0.717) is 0 Å². The van der Waals surface area contributed by atoms with E-state index in [1.807, 2.05) is 35.2 Å². The summed E-state index contributed by atoms with van der Waals surface area (Å²) in [5, 5.41) is 0.941. The fraction of sp³-hybridized carbons (Fsp3) is 0. The van der Waals surface area contributed by atoms with Crippen molar-refractivity contribution in [1.82, 2.24) is 14.5 Å². The van der Waals surface area contributed by atoms with Crippen LogP contribution in [-0.4, -0.2) is 20.0 Å². The summed E-state index contributed by atoms with van der Waals surface area (Å²) in [7, 11) is 0. The molecular formula is C13H12N4S2. The molecule has 0 fully saturated rings. The van der Waals surface area contributed by atoms with Crippen LogP contribution in [0.2, 0.25) is 0 Å². The van der Waals surface area contributed by atoms with Crippen LogP contribution in [0.25, 0.3) is 15.6 Å².